The lowest BCUT2D eigenvalue weighted by Crippen LogP contribution is -2.47. The van der Waals surface area contributed by atoms with Crippen molar-refractivity contribution in [2.24, 2.45) is 0 Å². The molecule has 4 aromatic rings. The Morgan fingerprint density at radius 3 is 2.38 bits per heavy atom. The van der Waals surface area contributed by atoms with Crippen LogP contribution < -0.4 is 4.90 Å². The smallest absolute Gasteiger partial charge is 0.285 e. The van der Waals surface area contributed by atoms with E-state index in [1.165, 1.54) is 34.3 Å². The molecule has 2 aromatic carbocycles. The van der Waals surface area contributed by atoms with Crippen molar-refractivity contribution in [2.45, 2.75) is 25.3 Å². The van der Waals surface area contributed by atoms with E-state index in [2.05, 4.69) is 75.5 Å². The fraction of sp³-hybridized carbons (Fsp3) is 0.280. The quantitative estimate of drug-likeness (QED) is 0.493. The van der Waals surface area contributed by atoms with E-state index < -0.39 is 0 Å². The second-order valence-electron chi connectivity index (χ2n) is 8.57. The van der Waals surface area contributed by atoms with E-state index in [0.717, 1.165) is 38.4 Å². The largest absolute Gasteiger partial charge is 0.421 e. The Labute approximate surface area is 186 Å². The minimum atomic E-state index is -0.0487. The van der Waals surface area contributed by atoms with Gasteiger partial charge in [-0.25, -0.2) is 9.97 Å². The predicted molar refractivity (Wildman–Crippen MR) is 119 cm³/mol. The first-order valence-electron chi connectivity index (χ1n) is 10.8. The highest BCUT2D eigenvalue weighted by atomic mass is 16.5. The minimum Gasteiger partial charge on any atom is -0.421 e. The molecule has 1 fully saturated rings. The molecule has 32 heavy (non-hydrogen) atoms. The summed E-state index contributed by atoms with van der Waals surface area (Å²) in [6, 6.07) is 17.7. The maximum atomic E-state index is 5.66. The predicted octanol–water partition coefficient (Wildman–Crippen LogP) is 3.71. The summed E-state index contributed by atoms with van der Waals surface area (Å²) in [4.78, 5) is 11.4. The van der Waals surface area contributed by atoms with Gasteiger partial charge in [-0.3, -0.25) is 0 Å². The Hall–Kier alpha value is -3.58. The third-order valence-corrected chi connectivity index (χ3v) is 6.58. The standard InChI is InChI=1S/C25H23N5O2/c1-17-2-4-19(5-3-17)25(14-31-15-25)20-6-8-21(9-7-20)30-11-10-18-12-26-23(28-22(18)13-30)24-29-27-16-32-24/h2-9,12,16H,10-11,13-15H2,1H3. The molecule has 7 heteroatoms. The van der Waals surface area contributed by atoms with Crippen LogP contribution in [0.2, 0.25) is 0 Å². The van der Waals surface area contributed by atoms with Crippen LogP contribution in [0.15, 0.2) is 65.5 Å². The van der Waals surface area contributed by atoms with Crippen molar-refractivity contribution in [3.05, 3.63) is 89.1 Å². The molecule has 1 saturated heterocycles. The van der Waals surface area contributed by atoms with Gasteiger partial charge in [0, 0.05) is 18.4 Å². The molecule has 0 spiro atoms. The van der Waals surface area contributed by atoms with Crippen molar-refractivity contribution in [2.75, 3.05) is 24.7 Å². The molecular weight excluding hydrogens is 402 g/mol. The van der Waals surface area contributed by atoms with Crippen LogP contribution in [0.3, 0.4) is 0 Å². The van der Waals surface area contributed by atoms with Crippen molar-refractivity contribution in [1.82, 2.24) is 20.2 Å². The lowest BCUT2D eigenvalue weighted by molar-refractivity contribution is -0.0379. The lowest BCUT2D eigenvalue weighted by Gasteiger charge is -2.43. The van der Waals surface area contributed by atoms with Gasteiger partial charge < -0.3 is 14.1 Å². The summed E-state index contributed by atoms with van der Waals surface area (Å²) >= 11 is 0. The Kier molecular flexibility index (Phi) is 4.50. The second kappa shape index (κ2) is 7.53. The molecule has 0 radical (unpaired) electrons. The highest BCUT2D eigenvalue weighted by molar-refractivity contribution is 5.53. The second-order valence-corrected chi connectivity index (χ2v) is 8.57. The molecule has 0 bridgehead atoms. The summed E-state index contributed by atoms with van der Waals surface area (Å²) in [5.74, 6) is 0.821. The molecule has 2 aliphatic rings. The van der Waals surface area contributed by atoms with Gasteiger partial charge in [-0.1, -0.05) is 42.0 Å². The zero-order valence-electron chi connectivity index (χ0n) is 17.9. The van der Waals surface area contributed by atoms with Gasteiger partial charge in [0.1, 0.15) is 0 Å². The SMILES string of the molecule is Cc1ccc(C2(c3ccc(N4CCc5cnc(-c6nnco6)nc5C4)cc3)COC2)cc1. The van der Waals surface area contributed by atoms with Crippen LogP contribution >= 0.6 is 0 Å². The van der Waals surface area contributed by atoms with Crippen LogP contribution in [0.1, 0.15) is 27.9 Å². The average Bonchev–Trinajstić information content (AvgIpc) is 3.34. The number of hydrogen-bond acceptors (Lipinski definition) is 7. The molecule has 160 valence electrons. The summed E-state index contributed by atoms with van der Waals surface area (Å²) in [7, 11) is 0. The van der Waals surface area contributed by atoms with Gasteiger partial charge in [0.15, 0.2) is 0 Å². The van der Waals surface area contributed by atoms with Gasteiger partial charge in [-0.15, -0.1) is 10.2 Å². The Morgan fingerprint density at radius 2 is 1.72 bits per heavy atom. The first-order valence-corrected chi connectivity index (χ1v) is 10.8. The fourth-order valence-electron chi connectivity index (χ4n) is 4.57. The molecule has 0 unspecified atom stereocenters. The highest BCUT2D eigenvalue weighted by Crippen LogP contribution is 2.40. The Balaban J connectivity index is 1.25. The summed E-state index contributed by atoms with van der Waals surface area (Å²) < 4.78 is 10.9. The molecule has 7 nitrogen and oxygen atoms in total. The van der Waals surface area contributed by atoms with E-state index in [1.54, 1.807) is 0 Å². The van der Waals surface area contributed by atoms with Gasteiger partial charge in [-0.2, -0.15) is 0 Å². The Bertz CT molecular complexity index is 1230. The van der Waals surface area contributed by atoms with Crippen molar-refractivity contribution in [3.63, 3.8) is 0 Å². The summed E-state index contributed by atoms with van der Waals surface area (Å²) in [5, 5.41) is 7.65. The molecule has 2 aliphatic heterocycles. The number of nitrogens with zero attached hydrogens (tertiary/aromatic N) is 5. The van der Waals surface area contributed by atoms with Gasteiger partial charge in [-0.05, 0) is 42.2 Å². The molecule has 6 rings (SSSR count). The van der Waals surface area contributed by atoms with Crippen LogP contribution in [0.4, 0.5) is 5.69 Å². The van der Waals surface area contributed by atoms with Crippen LogP contribution in [-0.4, -0.2) is 39.9 Å². The molecule has 0 N–H and O–H groups in total. The van der Waals surface area contributed by atoms with E-state index >= 15 is 0 Å². The van der Waals surface area contributed by atoms with Gasteiger partial charge in [0.05, 0.1) is 30.9 Å². The zero-order chi connectivity index (χ0) is 21.5. The fourth-order valence-corrected chi connectivity index (χ4v) is 4.57. The first kappa shape index (κ1) is 19.1. The van der Waals surface area contributed by atoms with Gasteiger partial charge in [0.2, 0.25) is 12.2 Å². The van der Waals surface area contributed by atoms with Crippen molar-refractivity contribution in [3.8, 4) is 11.7 Å². The molecule has 4 heterocycles. The summed E-state index contributed by atoms with van der Waals surface area (Å²) in [6.07, 6.45) is 4.08. The lowest BCUT2D eigenvalue weighted by atomic mass is 9.73. The molecule has 0 aliphatic carbocycles. The number of anilines is 1. The van der Waals surface area contributed by atoms with Crippen LogP contribution in [0, 0.1) is 6.92 Å². The van der Waals surface area contributed by atoms with Crippen molar-refractivity contribution >= 4 is 5.69 Å². The number of hydrogen-bond donors (Lipinski definition) is 0. The molecule has 0 saturated carbocycles. The highest BCUT2D eigenvalue weighted by Gasteiger charge is 2.42. The number of ether oxygens (including phenoxy) is 1. The molecule has 0 amide bonds. The van der Waals surface area contributed by atoms with Crippen LogP contribution in [-0.2, 0) is 23.1 Å². The van der Waals surface area contributed by atoms with Gasteiger partial charge >= 0.3 is 0 Å². The third-order valence-electron chi connectivity index (χ3n) is 6.58. The minimum absolute atomic E-state index is 0.0487. The number of aryl methyl sites for hydroxylation is 1. The normalized spacial score (nSPS) is 17.0. The van der Waals surface area contributed by atoms with E-state index in [1.807, 2.05) is 6.20 Å². The monoisotopic (exact) mass is 425 g/mol. The van der Waals surface area contributed by atoms with E-state index in [-0.39, 0.29) is 5.41 Å². The maximum Gasteiger partial charge on any atom is 0.285 e. The van der Waals surface area contributed by atoms with Crippen molar-refractivity contribution < 1.29 is 9.15 Å². The van der Waals surface area contributed by atoms with Crippen LogP contribution in [0.25, 0.3) is 11.7 Å². The number of fused-ring (bicyclic) bond motifs is 1. The van der Waals surface area contributed by atoms with E-state index in [4.69, 9.17) is 14.1 Å². The molecule has 0 atom stereocenters. The average molecular weight is 425 g/mol. The zero-order valence-corrected chi connectivity index (χ0v) is 17.9. The first-order chi connectivity index (χ1) is 15.7. The number of aromatic nitrogens is 4. The van der Waals surface area contributed by atoms with E-state index in [9.17, 15) is 0 Å². The van der Waals surface area contributed by atoms with Crippen LogP contribution in [0.5, 0.6) is 0 Å². The van der Waals surface area contributed by atoms with Crippen molar-refractivity contribution in [1.29, 1.82) is 0 Å². The maximum absolute atomic E-state index is 5.66. The third kappa shape index (κ3) is 3.17. The van der Waals surface area contributed by atoms with Gasteiger partial charge in [0.25, 0.3) is 5.89 Å². The van der Waals surface area contributed by atoms with E-state index in [0.29, 0.717) is 11.7 Å². The topological polar surface area (TPSA) is 77.2 Å². The number of rotatable bonds is 4. The molecule has 2 aromatic heterocycles. The number of benzene rings is 2. The molecular formula is C25H23N5O2. The summed E-state index contributed by atoms with van der Waals surface area (Å²) in [5.41, 5.74) is 7.21. The Morgan fingerprint density at radius 1 is 0.969 bits per heavy atom. The summed E-state index contributed by atoms with van der Waals surface area (Å²) in [6.45, 7) is 5.23.